The molecular weight excluding hydrogens is 340 g/mol. The van der Waals surface area contributed by atoms with Gasteiger partial charge in [0.2, 0.25) is 0 Å². The molecule has 0 saturated carbocycles. The molecule has 0 spiro atoms. The van der Waals surface area contributed by atoms with Crippen LogP contribution in [0.5, 0.6) is 0 Å². The van der Waals surface area contributed by atoms with E-state index in [4.69, 9.17) is 23.2 Å². The molecule has 23 heavy (non-hydrogen) atoms. The standard InChI is InChI=1S/C16H14Cl2FN3O/c17-11-9-13(18)15(20-10-11)21-5-7-22(8-6-21)16(23)12-3-1-2-4-14(12)19/h1-4,9-10H,5-8H2. The number of amides is 1. The van der Waals surface area contributed by atoms with Crippen molar-refractivity contribution in [1.29, 1.82) is 0 Å². The molecule has 4 nitrogen and oxygen atoms in total. The zero-order chi connectivity index (χ0) is 16.4. The highest BCUT2D eigenvalue weighted by Crippen LogP contribution is 2.27. The molecule has 3 rings (SSSR count). The summed E-state index contributed by atoms with van der Waals surface area (Å²) in [4.78, 5) is 20.3. The minimum absolute atomic E-state index is 0.101. The lowest BCUT2D eigenvalue weighted by atomic mass is 10.1. The van der Waals surface area contributed by atoms with Gasteiger partial charge in [0.15, 0.2) is 0 Å². The average Bonchev–Trinajstić information content (AvgIpc) is 2.55. The van der Waals surface area contributed by atoms with Gasteiger partial charge in [-0.3, -0.25) is 4.79 Å². The Labute approximate surface area is 143 Å². The molecule has 120 valence electrons. The maximum Gasteiger partial charge on any atom is 0.256 e. The lowest BCUT2D eigenvalue weighted by molar-refractivity contribution is 0.0742. The topological polar surface area (TPSA) is 36.4 Å². The van der Waals surface area contributed by atoms with E-state index in [0.717, 1.165) is 0 Å². The molecule has 0 unspecified atom stereocenters. The summed E-state index contributed by atoms with van der Waals surface area (Å²) in [5.41, 5.74) is 0.101. The number of benzene rings is 1. The van der Waals surface area contributed by atoms with Crippen molar-refractivity contribution in [3.05, 3.63) is 58.0 Å². The summed E-state index contributed by atoms with van der Waals surface area (Å²) in [5, 5.41) is 0.957. The fourth-order valence-electron chi connectivity index (χ4n) is 2.57. The third kappa shape index (κ3) is 3.41. The van der Waals surface area contributed by atoms with Crippen LogP contribution in [-0.4, -0.2) is 42.0 Å². The summed E-state index contributed by atoms with van der Waals surface area (Å²) in [5.74, 6) is -0.144. The van der Waals surface area contributed by atoms with Gasteiger partial charge in [0, 0.05) is 32.4 Å². The Balaban J connectivity index is 1.69. The first-order valence-corrected chi connectivity index (χ1v) is 7.91. The second-order valence-electron chi connectivity index (χ2n) is 5.22. The molecule has 0 radical (unpaired) electrons. The summed E-state index contributed by atoms with van der Waals surface area (Å²) >= 11 is 12.0. The van der Waals surface area contributed by atoms with Gasteiger partial charge in [-0.15, -0.1) is 0 Å². The molecule has 7 heteroatoms. The normalized spacial score (nSPS) is 14.9. The monoisotopic (exact) mass is 353 g/mol. The smallest absolute Gasteiger partial charge is 0.256 e. The summed E-state index contributed by atoms with van der Waals surface area (Å²) in [6.07, 6.45) is 1.54. The van der Waals surface area contributed by atoms with Gasteiger partial charge in [0.25, 0.3) is 5.91 Å². The van der Waals surface area contributed by atoms with Crippen LogP contribution < -0.4 is 4.90 Å². The lowest BCUT2D eigenvalue weighted by Gasteiger charge is -2.35. The van der Waals surface area contributed by atoms with Crippen LogP contribution in [0.15, 0.2) is 36.5 Å². The molecule has 1 fully saturated rings. The van der Waals surface area contributed by atoms with Crippen LogP contribution in [0, 0.1) is 5.82 Å². The summed E-state index contributed by atoms with van der Waals surface area (Å²) in [7, 11) is 0. The Morgan fingerprint density at radius 3 is 2.48 bits per heavy atom. The first-order chi connectivity index (χ1) is 11.1. The number of piperazine rings is 1. The van der Waals surface area contributed by atoms with Crippen LogP contribution in [-0.2, 0) is 0 Å². The highest BCUT2D eigenvalue weighted by molar-refractivity contribution is 6.36. The highest BCUT2D eigenvalue weighted by Gasteiger charge is 2.25. The van der Waals surface area contributed by atoms with Gasteiger partial charge >= 0.3 is 0 Å². The molecule has 1 aromatic carbocycles. The van der Waals surface area contributed by atoms with E-state index in [1.54, 1.807) is 29.3 Å². The van der Waals surface area contributed by atoms with E-state index < -0.39 is 5.82 Å². The predicted octanol–water partition coefficient (Wildman–Crippen LogP) is 3.49. The van der Waals surface area contributed by atoms with Crippen LogP contribution in [0.3, 0.4) is 0 Å². The number of anilines is 1. The molecule has 1 amide bonds. The van der Waals surface area contributed by atoms with Crippen molar-refractivity contribution < 1.29 is 9.18 Å². The van der Waals surface area contributed by atoms with Crippen LogP contribution in [0.1, 0.15) is 10.4 Å². The zero-order valence-electron chi connectivity index (χ0n) is 12.2. The van der Waals surface area contributed by atoms with Gasteiger partial charge in [0.05, 0.1) is 15.6 Å². The lowest BCUT2D eigenvalue weighted by Crippen LogP contribution is -2.49. The van der Waals surface area contributed by atoms with Crippen molar-refractivity contribution in [2.75, 3.05) is 31.1 Å². The molecule has 0 N–H and O–H groups in total. The number of hydrogen-bond donors (Lipinski definition) is 0. The molecule has 1 aromatic heterocycles. The molecule has 0 atom stereocenters. The van der Waals surface area contributed by atoms with Crippen molar-refractivity contribution in [3.63, 3.8) is 0 Å². The molecule has 2 aromatic rings. The van der Waals surface area contributed by atoms with E-state index in [9.17, 15) is 9.18 Å². The van der Waals surface area contributed by atoms with E-state index in [2.05, 4.69) is 4.98 Å². The predicted molar refractivity (Wildman–Crippen MR) is 88.8 cm³/mol. The molecule has 1 aliphatic rings. The van der Waals surface area contributed by atoms with Crippen molar-refractivity contribution in [1.82, 2.24) is 9.88 Å². The Morgan fingerprint density at radius 1 is 1.13 bits per heavy atom. The van der Waals surface area contributed by atoms with Crippen LogP contribution in [0.4, 0.5) is 10.2 Å². The largest absolute Gasteiger partial charge is 0.352 e. The minimum Gasteiger partial charge on any atom is -0.352 e. The Morgan fingerprint density at radius 2 is 1.83 bits per heavy atom. The zero-order valence-corrected chi connectivity index (χ0v) is 13.7. The van der Waals surface area contributed by atoms with E-state index in [-0.39, 0.29) is 11.5 Å². The molecule has 1 aliphatic heterocycles. The first kappa shape index (κ1) is 16.0. The van der Waals surface area contributed by atoms with Crippen LogP contribution in [0.2, 0.25) is 10.0 Å². The fraction of sp³-hybridized carbons (Fsp3) is 0.250. The number of aromatic nitrogens is 1. The van der Waals surface area contributed by atoms with Crippen LogP contribution >= 0.6 is 23.2 Å². The number of pyridine rings is 1. The quantitative estimate of drug-likeness (QED) is 0.829. The third-order valence-electron chi connectivity index (χ3n) is 3.76. The average molecular weight is 354 g/mol. The number of carbonyl (C=O) groups excluding carboxylic acids is 1. The molecule has 0 aliphatic carbocycles. The Bertz CT molecular complexity index is 733. The number of hydrogen-bond acceptors (Lipinski definition) is 3. The SMILES string of the molecule is O=C(c1ccccc1F)N1CCN(c2ncc(Cl)cc2Cl)CC1. The summed E-state index contributed by atoms with van der Waals surface area (Å²) in [6.45, 7) is 2.12. The minimum atomic E-state index is -0.498. The molecule has 1 saturated heterocycles. The van der Waals surface area contributed by atoms with Crippen molar-refractivity contribution >= 4 is 34.9 Å². The molecular formula is C16H14Cl2FN3O. The van der Waals surface area contributed by atoms with Gasteiger partial charge in [-0.05, 0) is 18.2 Å². The van der Waals surface area contributed by atoms with Gasteiger partial charge in [-0.2, -0.15) is 0 Å². The second-order valence-corrected chi connectivity index (χ2v) is 6.06. The number of nitrogens with zero attached hydrogens (tertiary/aromatic N) is 3. The van der Waals surface area contributed by atoms with Crippen molar-refractivity contribution in [2.45, 2.75) is 0 Å². The number of halogens is 3. The fourth-order valence-corrected chi connectivity index (χ4v) is 3.07. The number of carbonyl (C=O) groups is 1. The van der Waals surface area contributed by atoms with E-state index >= 15 is 0 Å². The van der Waals surface area contributed by atoms with Gasteiger partial charge in [0.1, 0.15) is 11.6 Å². The van der Waals surface area contributed by atoms with Gasteiger partial charge < -0.3 is 9.80 Å². The van der Waals surface area contributed by atoms with Gasteiger partial charge in [-0.25, -0.2) is 9.37 Å². The maximum absolute atomic E-state index is 13.7. The van der Waals surface area contributed by atoms with Crippen LogP contribution in [0.25, 0.3) is 0 Å². The highest BCUT2D eigenvalue weighted by atomic mass is 35.5. The van der Waals surface area contributed by atoms with E-state index in [1.807, 2.05) is 4.90 Å². The second kappa shape index (κ2) is 6.72. The van der Waals surface area contributed by atoms with Crippen molar-refractivity contribution in [3.8, 4) is 0 Å². The summed E-state index contributed by atoms with van der Waals surface area (Å²) in [6, 6.07) is 7.66. The molecule has 2 heterocycles. The Hall–Kier alpha value is -1.85. The number of rotatable bonds is 2. The van der Waals surface area contributed by atoms with E-state index in [1.165, 1.54) is 12.1 Å². The molecule has 0 bridgehead atoms. The van der Waals surface area contributed by atoms with E-state index in [0.29, 0.717) is 42.0 Å². The van der Waals surface area contributed by atoms with Gasteiger partial charge in [-0.1, -0.05) is 35.3 Å². The summed E-state index contributed by atoms with van der Waals surface area (Å²) < 4.78 is 13.7. The third-order valence-corrected chi connectivity index (χ3v) is 4.24. The maximum atomic E-state index is 13.7. The first-order valence-electron chi connectivity index (χ1n) is 7.16. The Kier molecular flexibility index (Phi) is 4.68. The van der Waals surface area contributed by atoms with Crippen molar-refractivity contribution in [2.24, 2.45) is 0 Å².